The van der Waals surface area contributed by atoms with Gasteiger partial charge in [-0.25, -0.2) is 8.42 Å². The van der Waals surface area contributed by atoms with Gasteiger partial charge in [0.1, 0.15) is 0 Å². The van der Waals surface area contributed by atoms with Crippen molar-refractivity contribution in [3.8, 4) is 11.8 Å². The number of sulfonamides is 1. The van der Waals surface area contributed by atoms with Crippen molar-refractivity contribution in [3.05, 3.63) is 0 Å². The molecule has 2 saturated heterocycles. The molecule has 0 radical (unpaired) electrons. The van der Waals surface area contributed by atoms with Crippen LogP contribution in [-0.4, -0.2) is 56.1 Å². The SMILES string of the molecule is CS(=O)(=O)N1CCCC1C#CCN1CCCC1. The van der Waals surface area contributed by atoms with E-state index in [1.807, 2.05) is 0 Å². The molecule has 0 aromatic carbocycles. The van der Waals surface area contributed by atoms with Crippen molar-refractivity contribution in [2.45, 2.75) is 31.7 Å². The van der Waals surface area contributed by atoms with Gasteiger partial charge in [-0.15, -0.1) is 0 Å². The minimum Gasteiger partial charge on any atom is -0.292 e. The zero-order valence-corrected chi connectivity index (χ0v) is 11.2. The Hall–Kier alpha value is -0.570. The Bertz CT molecular complexity index is 416. The van der Waals surface area contributed by atoms with Crippen LogP contribution in [0, 0.1) is 11.8 Å². The molecule has 96 valence electrons. The molecule has 2 aliphatic rings. The lowest BCUT2D eigenvalue weighted by atomic mass is 10.2. The van der Waals surface area contributed by atoms with E-state index < -0.39 is 10.0 Å². The molecule has 2 rings (SSSR count). The summed E-state index contributed by atoms with van der Waals surface area (Å²) in [6, 6.07) is -0.0902. The summed E-state index contributed by atoms with van der Waals surface area (Å²) in [6.07, 6.45) is 5.60. The third-order valence-electron chi connectivity index (χ3n) is 3.40. The second-order valence-electron chi connectivity index (χ2n) is 4.84. The van der Waals surface area contributed by atoms with Gasteiger partial charge in [-0.05, 0) is 38.8 Å². The van der Waals surface area contributed by atoms with Crippen LogP contribution in [0.2, 0.25) is 0 Å². The molecule has 0 saturated carbocycles. The van der Waals surface area contributed by atoms with Crippen LogP contribution in [0.15, 0.2) is 0 Å². The minimum atomic E-state index is -3.08. The summed E-state index contributed by atoms with van der Waals surface area (Å²) in [5.41, 5.74) is 0. The van der Waals surface area contributed by atoms with Gasteiger partial charge in [0, 0.05) is 6.54 Å². The van der Waals surface area contributed by atoms with E-state index in [0.717, 1.165) is 32.5 Å². The summed E-state index contributed by atoms with van der Waals surface area (Å²) in [5, 5.41) is 0. The van der Waals surface area contributed by atoms with E-state index in [2.05, 4.69) is 16.7 Å². The smallest absolute Gasteiger partial charge is 0.212 e. The standard InChI is InChI=1S/C12H20N2O2S/c1-17(15,16)14-11-5-7-12(14)6-4-10-13-8-2-3-9-13/h12H,2-3,5,7-11H2,1H3. The summed E-state index contributed by atoms with van der Waals surface area (Å²) in [5.74, 6) is 6.26. The van der Waals surface area contributed by atoms with Crippen molar-refractivity contribution in [1.82, 2.24) is 9.21 Å². The summed E-state index contributed by atoms with van der Waals surface area (Å²) < 4.78 is 24.6. The molecule has 0 amide bonds. The van der Waals surface area contributed by atoms with Crippen LogP contribution in [0.5, 0.6) is 0 Å². The molecular formula is C12H20N2O2S. The van der Waals surface area contributed by atoms with Gasteiger partial charge in [-0.1, -0.05) is 11.8 Å². The predicted molar refractivity (Wildman–Crippen MR) is 68.0 cm³/mol. The van der Waals surface area contributed by atoms with Crippen molar-refractivity contribution in [2.24, 2.45) is 0 Å². The first-order valence-electron chi connectivity index (χ1n) is 6.25. The lowest BCUT2D eigenvalue weighted by Gasteiger charge is -2.17. The quantitative estimate of drug-likeness (QED) is 0.676. The Balaban J connectivity index is 1.91. The molecule has 0 N–H and O–H groups in total. The molecule has 0 aliphatic carbocycles. The van der Waals surface area contributed by atoms with Gasteiger partial charge in [-0.2, -0.15) is 4.31 Å². The summed E-state index contributed by atoms with van der Waals surface area (Å²) in [4.78, 5) is 2.33. The lowest BCUT2D eigenvalue weighted by molar-refractivity contribution is 0.382. The molecule has 4 nitrogen and oxygen atoms in total. The van der Waals surface area contributed by atoms with E-state index in [1.165, 1.54) is 23.4 Å². The molecule has 2 aliphatic heterocycles. The van der Waals surface area contributed by atoms with E-state index in [0.29, 0.717) is 6.54 Å². The van der Waals surface area contributed by atoms with E-state index in [-0.39, 0.29) is 6.04 Å². The van der Waals surface area contributed by atoms with Gasteiger partial charge in [0.2, 0.25) is 10.0 Å². The summed E-state index contributed by atoms with van der Waals surface area (Å²) in [7, 11) is -3.08. The van der Waals surface area contributed by atoms with Crippen LogP contribution < -0.4 is 0 Å². The van der Waals surface area contributed by atoms with E-state index >= 15 is 0 Å². The van der Waals surface area contributed by atoms with Crippen LogP contribution in [0.1, 0.15) is 25.7 Å². The highest BCUT2D eigenvalue weighted by molar-refractivity contribution is 7.88. The van der Waals surface area contributed by atoms with Crippen molar-refractivity contribution in [2.75, 3.05) is 32.4 Å². The van der Waals surface area contributed by atoms with Crippen LogP contribution >= 0.6 is 0 Å². The average Bonchev–Trinajstić information content (AvgIpc) is 2.86. The van der Waals surface area contributed by atoms with Crippen LogP contribution in [0.3, 0.4) is 0 Å². The fourth-order valence-corrected chi connectivity index (χ4v) is 3.58. The Labute approximate surface area is 104 Å². The maximum atomic E-state index is 11.5. The highest BCUT2D eigenvalue weighted by Gasteiger charge is 2.29. The molecule has 0 aromatic heterocycles. The lowest BCUT2D eigenvalue weighted by Crippen LogP contribution is -2.33. The molecular weight excluding hydrogens is 236 g/mol. The fourth-order valence-electron chi connectivity index (χ4n) is 2.50. The Kier molecular flexibility index (Phi) is 4.08. The Morgan fingerprint density at radius 2 is 1.88 bits per heavy atom. The topological polar surface area (TPSA) is 40.6 Å². The second kappa shape index (κ2) is 5.38. The second-order valence-corrected chi connectivity index (χ2v) is 6.77. The van der Waals surface area contributed by atoms with Crippen molar-refractivity contribution >= 4 is 10.0 Å². The van der Waals surface area contributed by atoms with E-state index in [4.69, 9.17) is 0 Å². The van der Waals surface area contributed by atoms with Crippen LogP contribution in [0.4, 0.5) is 0 Å². The first-order valence-corrected chi connectivity index (χ1v) is 8.10. The largest absolute Gasteiger partial charge is 0.292 e. The molecule has 1 atom stereocenters. The van der Waals surface area contributed by atoms with Crippen LogP contribution in [0.25, 0.3) is 0 Å². The maximum Gasteiger partial charge on any atom is 0.212 e. The third-order valence-corrected chi connectivity index (χ3v) is 4.69. The Morgan fingerprint density at radius 1 is 1.18 bits per heavy atom. The molecule has 1 unspecified atom stereocenters. The zero-order chi connectivity index (χ0) is 12.3. The molecule has 0 bridgehead atoms. The maximum absolute atomic E-state index is 11.5. The van der Waals surface area contributed by atoms with Gasteiger partial charge < -0.3 is 0 Å². The van der Waals surface area contributed by atoms with Gasteiger partial charge >= 0.3 is 0 Å². The van der Waals surface area contributed by atoms with Gasteiger partial charge in [-0.3, -0.25) is 4.90 Å². The third kappa shape index (κ3) is 3.44. The molecule has 2 fully saturated rings. The Morgan fingerprint density at radius 3 is 2.53 bits per heavy atom. The predicted octanol–water partition coefficient (Wildman–Crippen LogP) is 0.510. The summed E-state index contributed by atoms with van der Waals surface area (Å²) in [6.45, 7) is 3.68. The number of likely N-dealkylation sites (tertiary alicyclic amines) is 1. The van der Waals surface area contributed by atoms with Gasteiger partial charge in [0.15, 0.2) is 0 Å². The van der Waals surface area contributed by atoms with Crippen molar-refractivity contribution in [3.63, 3.8) is 0 Å². The number of nitrogens with zero attached hydrogens (tertiary/aromatic N) is 2. The highest BCUT2D eigenvalue weighted by Crippen LogP contribution is 2.19. The van der Waals surface area contributed by atoms with E-state index in [9.17, 15) is 8.42 Å². The number of rotatable bonds is 2. The molecule has 0 spiro atoms. The molecule has 5 heteroatoms. The van der Waals surface area contributed by atoms with Crippen molar-refractivity contribution in [1.29, 1.82) is 0 Å². The highest BCUT2D eigenvalue weighted by atomic mass is 32.2. The van der Waals surface area contributed by atoms with Crippen LogP contribution in [-0.2, 0) is 10.0 Å². The van der Waals surface area contributed by atoms with Gasteiger partial charge in [0.25, 0.3) is 0 Å². The monoisotopic (exact) mass is 256 g/mol. The minimum absolute atomic E-state index is 0.0902. The first kappa shape index (κ1) is 12.9. The molecule has 0 aromatic rings. The van der Waals surface area contributed by atoms with E-state index in [1.54, 1.807) is 0 Å². The average molecular weight is 256 g/mol. The first-order chi connectivity index (χ1) is 8.07. The summed E-state index contributed by atoms with van der Waals surface area (Å²) >= 11 is 0. The number of hydrogen-bond acceptors (Lipinski definition) is 3. The molecule has 2 heterocycles. The fraction of sp³-hybridized carbons (Fsp3) is 0.833. The molecule has 17 heavy (non-hydrogen) atoms. The van der Waals surface area contributed by atoms with Crippen molar-refractivity contribution < 1.29 is 8.42 Å². The van der Waals surface area contributed by atoms with Gasteiger partial charge in [0.05, 0.1) is 18.8 Å². The number of hydrogen-bond donors (Lipinski definition) is 0. The normalized spacial score (nSPS) is 27.0. The zero-order valence-electron chi connectivity index (χ0n) is 10.4.